The highest BCUT2D eigenvalue weighted by Crippen LogP contribution is 2.34. The highest BCUT2D eigenvalue weighted by molar-refractivity contribution is 7.16. The van der Waals surface area contributed by atoms with Crippen LogP contribution in [0, 0.1) is 5.92 Å². The van der Waals surface area contributed by atoms with Gasteiger partial charge in [-0.05, 0) is 43.2 Å². The number of ether oxygens (including phenoxy) is 2. The number of H-pyrrole nitrogens is 1. The van der Waals surface area contributed by atoms with Gasteiger partial charge in [0.05, 0.1) is 37.4 Å². The van der Waals surface area contributed by atoms with Gasteiger partial charge in [0, 0.05) is 35.9 Å². The lowest BCUT2D eigenvalue weighted by Crippen LogP contribution is -2.41. The van der Waals surface area contributed by atoms with Gasteiger partial charge in [0.15, 0.2) is 22.1 Å². The molecule has 1 saturated heterocycles. The maximum atomic E-state index is 13.2. The van der Waals surface area contributed by atoms with Crippen molar-refractivity contribution in [3.8, 4) is 11.5 Å². The first-order chi connectivity index (χ1) is 18.6. The molecule has 0 saturated carbocycles. The molecule has 1 atom stereocenters. The number of benzene rings is 2. The van der Waals surface area contributed by atoms with Gasteiger partial charge >= 0.3 is 0 Å². The van der Waals surface area contributed by atoms with E-state index in [0.717, 1.165) is 46.5 Å². The van der Waals surface area contributed by atoms with Crippen LogP contribution >= 0.6 is 11.3 Å². The van der Waals surface area contributed by atoms with Gasteiger partial charge in [0.25, 0.3) is 0 Å². The largest absolute Gasteiger partial charge is 0.493 e. The zero-order chi connectivity index (χ0) is 26.1. The molecule has 1 aliphatic heterocycles. The molecular weight excluding hydrogens is 504 g/mol. The number of amides is 1. The Morgan fingerprint density at radius 3 is 2.84 bits per heavy atom. The second-order valence-corrected chi connectivity index (χ2v) is 9.85. The standard InChI is InChI=1S/C26H26N8O3S/c1-36-20-8-6-18(11-21(20)37-2)29-23-22-25(38-14-27-22)32-26(31-23)34-9-3-4-15(13-34)24(35)30-17-5-7-19-16(10-17)12-28-33-19/h5-8,10-12,14-15H,3-4,9,13H2,1-2H3,(H,28,33)(H,30,35)(H,29,31,32). The molecule has 11 nitrogen and oxygen atoms in total. The third kappa shape index (κ3) is 4.65. The van der Waals surface area contributed by atoms with E-state index >= 15 is 0 Å². The van der Waals surface area contributed by atoms with Gasteiger partial charge in [-0.25, -0.2) is 4.98 Å². The third-order valence-corrected chi connectivity index (χ3v) is 7.33. The van der Waals surface area contributed by atoms with Crippen LogP contribution in [0.5, 0.6) is 11.5 Å². The number of aromatic amines is 1. The SMILES string of the molecule is COc1ccc(Nc2nc(N3CCCC(C(=O)Nc4ccc5[nH]ncc5c4)C3)nc3scnc23)cc1OC. The smallest absolute Gasteiger partial charge is 0.229 e. The van der Waals surface area contributed by atoms with Crippen molar-refractivity contribution in [2.45, 2.75) is 12.8 Å². The molecule has 38 heavy (non-hydrogen) atoms. The van der Waals surface area contributed by atoms with Crippen LogP contribution < -0.4 is 25.0 Å². The number of nitrogens with zero attached hydrogens (tertiary/aromatic N) is 5. The Morgan fingerprint density at radius 2 is 1.97 bits per heavy atom. The molecule has 194 valence electrons. The predicted octanol–water partition coefficient (Wildman–Crippen LogP) is 4.58. The van der Waals surface area contributed by atoms with E-state index in [1.165, 1.54) is 11.3 Å². The maximum Gasteiger partial charge on any atom is 0.229 e. The Bertz CT molecular complexity index is 1620. The number of nitrogens with one attached hydrogen (secondary N) is 3. The van der Waals surface area contributed by atoms with Gasteiger partial charge < -0.3 is 25.0 Å². The van der Waals surface area contributed by atoms with Crippen LogP contribution in [-0.2, 0) is 4.79 Å². The summed E-state index contributed by atoms with van der Waals surface area (Å²) < 4.78 is 10.8. The molecule has 12 heteroatoms. The van der Waals surface area contributed by atoms with Gasteiger partial charge in [-0.3, -0.25) is 9.89 Å². The number of carbonyl (C=O) groups is 1. The van der Waals surface area contributed by atoms with Crippen LogP contribution in [0.4, 0.5) is 23.1 Å². The molecule has 3 N–H and O–H groups in total. The minimum atomic E-state index is -0.188. The number of thiazole rings is 1. The Morgan fingerprint density at radius 1 is 1.11 bits per heavy atom. The average molecular weight is 531 g/mol. The number of methoxy groups -OCH3 is 2. The third-order valence-electron chi connectivity index (χ3n) is 6.62. The number of carbonyl (C=O) groups excluding carboxylic acids is 1. The lowest BCUT2D eigenvalue weighted by Gasteiger charge is -2.32. The van der Waals surface area contributed by atoms with Gasteiger partial charge in [-0.2, -0.15) is 15.1 Å². The number of piperidine rings is 1. The number of hydrogen-bond donors (Lipinski definition) is 3. The number of anilines is 4. The van der Waals surface area contributed by atoms with Gasteiger partial charge in [0.1, 0.15) is 5.52 Å². The van der Waals surface area contributed by atoms with Crippen molar-refractivity contribution in [3.05, 3.63) is 48.1 Å². The summed E-state index contributed by atoms with van der Waals surface area (Å²) in [5.41, 5.74) is 4.91. The molecule has 5 aromatic rings. The van der Waals surface area contributed by atoms with E-state index in [4.69, 9.17) is 19.4 Å². The summed E-state index contributed by atoms with van der Waals surface area (Å²) in [5.74, 6) is 2.22. The normalized spacial score (nSPS) is 15.5. The van der Waals surface area contributed by atoms with Crippen LogP contribution in [0.2, 0.25) is 0 Å². The monoisotopic (exact) mass is 530 g/mol. The Hall–Kier alpha value is -4.45. The minimum absolute atomic E-state index is 0.0138. The maximum absolute atomic E-state index is 13.2. The van der Waals surface area contributed by atoms with Gasteiger partial charge in [-0.15, -0.1) is 11.3 Å². The van der Waals surface area contributed by atoms with E-state index in [0.29, 0.717) is 35.3 Å². The molecule has 3 aromatic heterocycles. The minimum Gasteiger partial charge on any atom is -0.493 e. The summed E-state index contributed by atoms with van der Waals surface area (Å²) in [6, 6.07) is 11.3. The summed E-state index contributed by atoms with van der Waals surface area (Å²) in [4.78, 5) is 30.1. The second kappa shape index (κ2) is 10.1. The van der Waals surface area contributed by atoms with Crippen molar-refractivity contribution in [2.24, 2.45) is 5.92 Å². The molecule has 6 rings (SSSR count). The molecule has 1 unspecified atom stereocenters. The van der Waals surface area contributed by atoms with E-state index in [-0.39, 0.29) is 11.8 Å². The Balaban J connectivity index is 1.22. The number of aromatic nitrogens is 5. The van der Waals surface area contributed by atoms with E-state index in [1.807, 2.05) is 36.4 Å². The molecule has 0 spiro atoms. The van der Waals surface area contributed by atoms with Crippen molar-refractivity contribution in [3.63, 3.8) is 0 Å². The lowest BCUT2D eigenvalue weighted by atomic mass is 9.97. The van der Waals surface area contributed by atoms with E-state index in [9.17, 15) is 4.79 Å². The predicted molar refractivity (Wildman–Crippen MR) is 148 cm³/mol. The van der Waals surface area contributed by atoms with Gasteiger partial charge in [0.2, 0.25) is 11.9 Å². The molecule has 1 fully saturated rings. The van der Waals surface area contributed by atoms with E-state index in [2.05, 4.69) is 30.7 Å². The van der Waals surface area contributed by atoms with Crippen molar-refractivity contribution in [2.75, 3.05) is 42.8 Å². The molecule has 1 aliphatic rings. The quantitative estimate of drug-likeness (QED) is 0.277. The van der Waals surface area contributed by atoms with E-state index < -0.39 is 0 Å². The van der Waals surface area contributed by atoms with Crippen LogP contribution in [0.3, 0.4) is 0 Å². The lowest BCUT2D eigenvalue weighted by molar-refractivity contribution is -0.120. The fourth-order valence-corrected chi connectivity index (χ4v) is 5.32. The number of rotatable bonds is 7. The summed E-state index contributed by atoms with van der Waals surface area (Å²) in [5, 5.41) is 14.3. The fourth-order valence-electron chi connectivity index (χ4n) is 4.67. The molecule has 4 heterocycles. The van der Waals surface area contributed by atoms with Crippen molar-refractivity contribution in [1.29, 1.82) is 0 Å². The molecule has 2 aromatic carbocycles. The number of fused-ring (bicyclic) bond motifs is 2. The molecule has 1 amide bonds. The highest BCUT2D eigenvalue weighted by Gasteiger charge is 2.28. The van der Waals surface area contributed by atoms with Gasteiger partial charge in [-0.1, -0.05) is 0 Å². The topological polar surface area (TPSA) is 130 Å². The first-order valence-electron chi connectivity index (χ1n) is 12.2. The fraction of sp³-hybridized carbons (Fsp3) is 0.269. The molecule has 0 radical (unpaired) electrons. The van der Waals surface area contributed by atoms with E-state index in [1.54, 1.807) is 25.9 Å². The Labute approximate surface area is 222 Å². The number of hydrogen-bond acceptors (Lipinski definition) is 10. The molecule has 0 bridgehead atoms. The Kier molecular flexibility index (Phi) is 6.38. The zero-order valence-electron chi connectivity index (χ0n) is 20.9. The first kappa shape index (κ1) is 23.9. The van der Waals surface area contributed by atoms with Crippen LogP contribution in [0.25, 0.3) is 21.3 Å². The summed E-state index contributed by atoms with van der Waals surface area (Å²) in [6.07, 6.45) is 3.41. The zero-order valence-corrected chi connectivity index (χ0v) is 21.7. The molecule has 0 aliphatic carbocycles. The summed E-state index contributed by atoms with van der Waals surface area (Å²) >= 11 is 1.45. The highest BCUT2D eigenvalue weighted by atomic mass is 32.1. The van der Waals surface area contributed by atoms with Crippen molar-refractivity contribution >= 4 is 61.6 Å². The first-order valence-corrected chi connectivity index (χ1v) is 13.1. The summed E-state index contributed by atoms with van der Waals surface area (Å²) in [7, 11) is 3.20. The molecular formula is C26H26N8O3S. The van der Waals surface area contributed by atoms with Crippen molar-refractivity contribution < 1.29 is 14.3 Å². The van der Waals surface area contributed by atoms with Crippen LogP contribution in [0.1, 0.15) is 12.8 Å². The average Bonchev–Trinajstić information content (AvgIpc) is 3.62. The van der Waals surface area contributed by atoms with Crippen LogP contribution in [0.15, 0.2) is 48.1 Å². The second-order valence-electron chi connectivity index (χ2n) is 9.02. The summed E-state index contributed by atoms with van der Waals surface area (Å²) in [6.45, 7) is 1.30. The van der Waals surface area contributed by atoms with Crippen LogP contribution in [-0.4, -0.2) is 58.4 Å². The van der Waals surface area contributed by atoms with Crippen molar-refractivity contribution in [1.82, 2.24) is 25.1 Å².